The van der Waals surface area contributed by atoms with Gasteiger partial charge in [-0.1, -0.05) is 6.07 Å². The van der Waals surface area contributed by atoms with Gasteiger partial charge in [-0.2, -0.15) is 5.26 Å². The van der Waals surface area contributed by atoms with E-state index in [2.05, 4.69) is 10.3 Å². The number of ether oxygens (including phenoxy) is 1. The maximum atomic E-state index is 12.7. The van der Waals surface area contributed by atoms with Crippen molar-refractivity contribution in [1.82, 2.24) is 9.55 Å². The normalized spacial score (nSPS) is 12.6. The van der Waals surface area contributed by atoms with E-state index in [0.29, 0.717) is 15.7 Å². The summed E-state index contributed by atoms with van der Waals surface area (Å²) in [6.45, 7) is 5.88. The first-order chi connectivity index (χ1) is 14.0. The Hall–Kier alpha value is -3.44. The molecule has 0 fully saturated rings. The minimum atomic E-state index is -0.727. The van der Waals surface area contributed by atoms with Crippen molar-refractivity contribution in [2.24, 2.45) is 0 Å². The van der Waals surface area contributed by atoms with Crippen molar-refractivity contribution in [2.45, 2.75) is 27.3 Å². The highest BCUT2D eigenvalue weighted by Gasteiger charge is 2.16. The summed E-state index contributed by atoms with van der Waals surface area (Å²) < 4.78 is 7.03. The van der Waals surface area contributed by atoms with Gasteiger partial charge in [-0.15, -0.1) is 11.3 Å². The molecule has 0 aliphatic rings. The van der Waals surface area contributed by atoms with Gasteiger partial charge in [-0.3, -0.25) is 14.3 Å². The second-order valence-corrected chi connectivity index (χ2v) is 7.21. The molecule has 148 valence electrons. The van der Waals surface area contributed by atoms with Gasteiger partial charge in [0.05, 0.1) is 12.1 Å². The fraction of sp³-hybridized carbons (Fsp3) is 0.238. The van der Waals surface area contributed by atoms with Gasteiger partial charge in [0, 0.05) is 29.5 Å². The van der Waals surface area contributed by atoms with Gasteiger partial charge in [-0.05, 0) is 45.0 Å². The molecule has 0 bridgehead atoms. The molecular weight excluding hydrogens is 388 g/mol. The van der Waals surface area contributed by atoms with E-state index >= 15 is 0 Å². The molecule has 1 aromatic carbocycles. The van der Waals surface area contributed by atoms with Gasteiger partial charge in [0.25, 0.3) is 5.56 Å². The number of thiazole rings is 1. The number of pyridine rings is 1. The number of hydrogen-bond acceptors (Lipinski definition) is 7. The number of carbonyl (C=O) groups excluding carboxylic acids is 1. The first-order valence-corrected chi connectivity index (χ1v) is 9.95. The highest BCUT2D eigenvalue weighted by molar-refractivity contribution is 7.07. The zero-order valence-corrected chi connectivity index (χ0v) is 17.2. The summed E-state index contributed by atoms with van der Waals surface area (Å²) in [7, 11) is 0. The van der Waals surface area contributed by atoms with E-state index < -0.39 is 5.97 Å². The van der Waals surface area contributed by atoms with E-state index in [1.807, 2.05) is 43.3 Å². The molecule has 0 saturated heterocycles. The number of carbonyl (C=O) groups is 1. The number of aromatic nitrogens is 2. The van der Waals surface area contributed by atoms with Gasteiger partial charge in [0.15, 0.2) is 5.57 Å². The number of rotatable bonds is 5. The molecule has 29 heavy (non-hydrogen) atoms. The Labute approximate surface area is 171 Å². The minimum Gasteiger partial charge on any atom is -0.462 e. The monoisotopic (exact) mass is 408 g/mol. The zero-order chi connectivity index (χ0) is 21.0. The second-order valence-electron chi connectivity index (χ2n) is 6.18. The highest BCUT2D eigenvalue weighted by Crippen LogP contribution is 2.18. The Bertz CT molecular complexity index is 1300. The zero-order valence-electron chi connectivity index (χ0n) is 16.4. The third-order valence-corrected chi connectivity index (χ3v) is 5.36. The van der Waals surface area contributed by atoms with E-state index in [9.17, 15) is 14.9 Å². The molecule has 0 radical (unpaired) electrons. The molecule has 0 aliphatic heterocycles. The lowest BCUT2D eigenvalue weighted by Crippen LogP contribution is -2.32. The molecule has 0 amide bonds. The van der Waals surface area contributed by atoms with Crippen molar-refractivity contribution >= 4 is 45.7 Å². The van der Waals surface area contributed by atoms with Crippen LogP contribution in [0.3, 0.4) is 0 Å². The van der Waals surface area contributed by atoms with Gasteiger partial charge in [0.2, 0.25) is 0 Å². The molecule has 0 atom stereocenters. The van der Waals surface area contributed by atoms with Crippen molar-refractivity contribution in [3.8, 4) is 6.07 Å². The van der Waals surface area contributed by atoms with Crippen LogP contribution >= 0.6 is 11.3 Å². The van der Waals surface area contributed by atoms with Crippen LogP contribution in [0.25, 0.3) is 22.7 Å². The van der Waals surface area contributed by atoms with Crippen molar-refractivity contribution < 1.29 is 9.53 Å². The van der Waals surface area contributed by atoms with Gasteiger partial charge in [0.1, 0.15) is 15.3 Å². The van der Waals surface area contributed by atoms with Crippen molar-refractivity contribution in [3.05, 3.63) is 55.6 Å². The third kappa shape index (κ3) is 4.20. The Morgan fingerprint density at radius 1 is 1.34 bits per heavy atom. The summed E-state index contributed by atoms with van der Waals surface area (Å²) in [5.41, 5.74) is 2.21. The minimum absolute atomic E-state index is 0.155. The number of nitrogens with zero attached hydrogens (tertiary/aromatic N) is 3. The van der Waals surface area contributed by atoms with Crippen molar-refractivity contribution in [2.75, 3.05) is 11.9 Å². The molecule has 1 N–H and O–H groups in total. The smallest absolute Gasteiger partial charge is 0.351 e. The van der Waals surface area contributed by atoms with Crippen LogP contribution < -0.4 is 20.1 Å². The maximum absolute atomic E-state index is 12.7. The predicted octanol–water partition coefficient (Wildman–Crippen LogP) is 1.87. The summed E-state index contributed by atoms with van der Waals surface area (Å²) in [4.78, 5) is 29.2. The summed E-state index contributed by atoms with van der Waals surface area (Å²) in [6, 6.07) is 11.5. The van der Waals surface area contributed by atoms with E-state index in [1.54, 1.807) is 20.0 Å². The largest absolute Gasteiger partial charge is 0.462 e. The quantitative estimate of drug-likeness (QED) is 0.648. The van der Waals surface area contributed by atoms with Crippen LogP contribution in [0.1, 0.15) is 19.5 Å². The molecule has 3 aromatic rings. The van der Waals surface area contributed by atoms with Crippen LogP contribution in [-0.4, -0.2) is 22.1 Å². The molecule has 8 heteroatoms. The standard InChI is InChI=1S/C21H20N4O3S/c1-4-25-19(26)18(29-20(25)16(11-22)21(27)28-5-2)12-23-15-8-9-17-14(10-15)7-6-13(3)24-17/h6-10,12,23H,4-5H2,1-3H3. The maximum Gasteiger partial charge on any atom is 0.351 e. The van der Waals surface area contributed by atoms with E-state index in [0.717, 1.165) is 33.6 Å². The fourth-order valence-corrected chi connectivity index (χ4v) is 3.92. The average Bonchev–Trinajstić information content (AvgIpc) is 3.02. The molecule has 0 unspecified atom stereocenters. The second kappa shape index (κ2) is 8.71. The first kappa shape index (κ1) is 20.3. The van der Waals surface area contributed by atoms with Crippen LogP contribution in [-0.2, 0) is 16.1 Å². The van der Waals surface area contributed by atoms with Crippen molar-refractivity contribution in [3.63, 3.8) is 0 Å². The Kier molecular flexibility index (Phi) is 6.10. The van der Waals surface area contributed by atoms with Crippen molar-refractivity contribution in [1.29, 1.82) is 5.26 Å². The molecule has 2 heterocycles. The number of benzene rings is 1. The number of hydrogen-bond donors (Lipinski definition) is 1. The molecule has 0 saturated carbocycles. The van der Waals surface area contributed by atoms with Crippen LogP contribution in [0.4, 0.5) is 5.69 Å². The molecule has 0 aliphatic carbocycles. The summed E-state index contributed by atoms with van der Waals surface area (Å²) >= 11 is 1.08. The van der Waals surface area contributed by atoms with Crippen LogP contribution in [0.5, 0.6) is 0 Å². The van der Waals surface area contributed by atoms with E-state index in [1.165, 1.54) is 4.57 Å². The number of fused-ring (bicyclic) bond motifs is 1. The number of aryl methyl sites for hydroxylation is 1. The SMILES string of the molecule is CCOC(=O)C(C#N)=c1sc(=CNc2ccc3nc(C)ccc3c2)c(=O)n1CC. The summed E-state index contributed by atoms with van der Waals surface area (Å²) in [5.74, 6) is -0.727. The number of anilines is 1. The Morgan fingerprint density at radius 3 is 2.83 bits per heavy atom. The molecular formula is C21H20N4O3S. The molecule has 3 rings (SSSR count). The topological polar surface area (TPSA) is 97.0 Å². The van der Waals surface area contributed by atoms with Crippen LogP contribution in [0.15, 0.2) is 35.1 Å². The molecule has 2 aromatic heterocycles. The van der Waals surface area contributed by atoms with Crippen LogP contribution in [0.2, 0.25) is 0 Å². The van der Waals surface area contributed by atoms with Gasteiger partial charge in [-0.25, -0.2) is 4.79 Å². The molecule has 7 nitrogen and oxygen atoms in total. The van der Waals surface area contributed by atoms with Crippen LogP contribution in [0, 0.1) is 18.3 Å². The molecule has 0 spiro atoms. The van der Waals surface area contributed by atoms with E-state index in [-0.39, 0.29) is 17.7 Å². The lowest BCUT2D eigenvalue weighted by Gasteiger charge is -2.03. The van der Waals surface area contributed by atoms with Gasteiger partial charge < -0.3 is 10.1 Å². The fourth-order valence-electron chi connectivity index (χ4n) is 2.84. The summed E-state index contributed by atoms with van der Waals surface area (Å²) in [5, 5.41) is 13.5. The number of nitrogens with one attached hydrogen (secondary N) is 1. The average molecular weight is 408 g/mol. The lowest BCUT2D eigenvalue weighted by molar-refractivity contribution is -0.136. The summed E-state index contributed by atoms with van der Waals surface area (Å²) in [6.07, 6.45) is 1.59. The van der Waals surface area contributed by atoms with E-state index in [4.69, 9.17) is 4.74 Å². The Balaban J connectivity index is 2.06. The Morgan fingerprint density at radius 2 is 2.14 bits per heavy atom. The number of esters is 1. The lowest BCUT2D eigenvalue weighted by atomic mass is 10.2. The number of nitriles is 1. The first-order valence-electron chi connectivity index (χ1n) is 9.13. The highest BCUT2D eigenvalue weighted by atomic mass is 32.1. The van der Waals surface area contributed by atoms with Gasteiger partial charge >= 0.3 is 5.97 Å². The predicted molar refractivity (Wildman–Crippen MR) is 114 cm³/mol. The third-order valence-electron chi connectivity index (χ3n) is 4.23.